The van der Waals surface area contributed by atoms with Crippen LogP contribution >= 0.6 is 11.3 Å². The van der Waals surface area contributed by atoms with Crippen LogP contribution in [0.25, 0.3) is 0 Å². The molecule has 0 radical (unpaired) electrons. The van der Waals surface area contributed by atoms with Crippen molar-refractivity contribution in [1.29, 1.82) is 0 Å². The Morgan fingerprint density at radius 3 is 3.07 bits per heavy atom. The average Bonchev–Trinajstić information content (AvgIpc) is 2.78. The van der Waals surface area contributed by atoms with Crippen LogP contribution in [0.4, 0.5) is 0 Å². The summed E-state index contributed by atoms with van der Waals surface area (Å²) in [7, 11) is 0. The molecule has 2 nitrogen and oxygen atoms in total. The van der Waals surface area contributed by atoms with E-state index in [2.05, 4.69) is 22.8 Å². The topological polar surface area (TPSA) is 32.3 Å². The predicted octanol–water partition coefficient (Wildman–Crippen LogP) is 2.00. The van der Waals surface area contributed by atoms with Gasteiger partial charge in [-0.15, -0.1) is 11.3 Å². The molecular weight excluding hydrogens is 194 g/mol. The molecule has 2 rings (SSSR count). The predicted molar refractivity (Wildman–Crippen MR) is 59.4 cm³/mol. The van der Waals surface area contributed by atoms with Gasteiger partial charge in [0.25, 0.3) is 0 Å². The van der Waals surface area contributed by atoms with E-state index in [0.717, 1.165) is 19.5 Å². The fourth-order valence-electron chi connectivity index (χ4n) is 2.05. The van der Waals surface area contributed by atoms with Gasteiger partial charge in [0, 0.05) is 18.0 Å². The third-order valence-electron chi connectivity index (χ3n) is 2.90. The molecule has 2 N–H and O–H groups in total. The van der Waals surface area contributed by atoms with Gasteiger partial charge in [0.1, 0.15) is 0 Å². The molecule has 1 aromatic heterocycles. The largest absolute Gasteiger partial charge is 0.393 e. The second kappa shape index (κ2) is 4.91. The van der Waals surface area contributed by atoms with Gasteiger partial charge < -0.3 is 10.4 Å². The molecule has 0 amide bonds. The first-order chi connectivity index (χ1) is 6.86. The van der Waals surface area contributed by atoms with Gasteiger partial charge in [-0.05, 0) is 30.2 Å². The lowest BCUT2D eigenvalue weighted by Gasteiger charge is -2.14. The molecule has 78 valence electrons. The smallest absolute Gasteiger partial charge is 0.0580 e. The summed E-state index contributed by atoms with van der Waals surface area (Å²) in [6.07, 6.45) is 3.29. The number of aliphatic hydroxyl groups is 1. The highest BCUT2D eigenvalue weighted by atomic mass is 32.1. The molecule has 2 atom stereocenters. The first-order valence-electron chi connectivity index (χ1n) is 5.27. The van der Waals surface area contributed by atoms with E-state index < -0.39 is 0 Å². The molecular formula is C11H17NOS. The van der Waals surface area contributed by atoms with Crippen LogP contribution < -0.4 is 5.32 Å². The van der Waals surface area contributed by atoms with E-state index in [-0.39, 0.29) is 6.10 Å². The van der Waals surface area contributed by atoms with Crippen molar-refractivity contribution in [1.82, 2.24) is 5.32 Å². The monoisotopic (exact) mass is 211 g/mol. The Labute approximate surface area is 89.0 Å². The van der Waals surface area contributed by atoms with Crippen molar-refractivity contribution in [2.75, 3.05) is 6.54 Å². The van der Waals surface area contributed by atoms with Crippen molar-refractivity contribution in [2.45, 2.75) is 31.9 Å². The third kappa shape index (κ3) is 2.56. The van der Waals surface area contributed by atoms with Gasteiger partial charge in [0.15, 0.2) is 0 Å². The van der Waals surface area contributed by atoms with Gasteiger partial charge >= 0.3 is 0 Å². The van der Waals surface area contributed by atoms with Crippen LogP contribution in [-0.4, -0.2) is 17.8 Å². The molecule has 0 saturated heterocycles. The van der Waals surface area contributed by atoms with E-state index in [1.807, 2.05) is 0 Å². The third-order valence-corrected chi connectivity index (χ3v) is 3.78. The Morgan fingerprint density at radius 1 is 1.50 bits per heavy atom. The lowest BCUT2D eigenvalue weighted by Crippen LogP contribution is -2.27. The van der Waals surface area contributed by atoms with Crippen molar-refractivity contribution in [3.8, 4) is 0 Å². The molecule has 2 unspecified atom stereocenters. The number of nitrogens with one attached hydrogen (secondary N) is 1. The summed E-state index contributed by atoms with van der Waals surface area (Å²) in [4.78, 5) is 1.37. The van der Waals surface area contributed by atoms with Gasteiger partial charge in [0.2, 0.25) is 0 Å². The maximum Gasteiger partial charge on any atom is 0.0580 e. The second-order valence-corrected chi connectivity index (χ2v) is 5.00. The minimum atomic E-state index is -0.0640. The van der Waals surface area contributed by atoms with Crippen LogP contribution in [0.15, 0.2) is 17.5 Å². The highest BCUT2D eigenvalue weighted by Crippen LogP contribution is 2.24. The zero-order valence-electron chi connectivity index (χ0n) is 8.28. The van der Waals surface area contributed by atoms with Gasteiger partial charge in [0.05, 0.1) is 6.10 Å². The van der Waals surface area contributed by atoms with Crippen molar-refractivity contribution >= 4 is 11.3 Å². The Bertz CT molecular complexity index is 260. The Morgan fingerprint density at radius 2 is 2.43 bits per heavy atom. The van der Waals surface area contributed by atoms with Crippen LogP contribution in [0.5, 0.6) is 0 Å². The van der Waals surface area contributed by atoms with Crippen molar-refractivity contribution in [2.24, 2.45) is 5.92 Å². The van der Waals surface area contributed by atoms with E-state index in [9.17, 15) is 5.11 Å². The number of hydrogen-bond acceptors (Lipinski definition) is 3. The quantitative estimate of drug-likeness (QED) is 0.798. The molecule has 1 fully saturated rings. The molecule has 3 heteroatoms. The van der Waals surface area contributed by atoms with Crippen LogP contribution in [0.3, 0.4) is 0 Å². The summed E-state index contributed by atoms with van der Waals surface area (Å²) in [6.45, 7) is 1.90. The summed E-state index contributed by atoms with van der Waals surface area (Å²) < 4.78 is 0. The van der Waals surface area contributed by atoms with Crippen LogP contribution in [0, 0.1) is 5.92 Å². The zero-order chi connectivity index (χ0) is 9.80. The minimum absolute atomic E-state index is 0.0640. The fourth-order valence-corrected chi connectivity index (χ4v) is 2.72. The van der Waals surface area contributed by atoms with Crippen molar-refractivity contribution in [3.63, 3.8) is 0 Å². The average molecular weight is 211 g/mol. The van der Waals surface area contributed by atoms with E-state index in [0.29, 0.717) is 5.92 Å². The fraction of sp³-hybridized carbons (Fsp3) is 0.636. The van der Waals surface area contributed by atoms with Crippen LogP contribution in [0.1, 0.15) is 24.1 Å². The molecule has 1 aliphatic carbocycles. The summed E-state index contributed by atoms with van der Waals surface area (Å²) >= 11 is 1.78. The number of rotatable bonds is 4. The Balaban J connectivity index is 1.68. The zero-order valence-corrected chi connectivity index (χ0v) is 9.09. The maximum atomic E-state index is 9.61. The van der Waals surface area contributed by atoms with Gasteiger partial charge in [-0.25, -0.2) is 0 Å². The number of thiophene rings is 1. The van der Waals surface area contributed by atoms with E-state index in [4.69, 9.17) is 0 Å². The van der Waals surface area contributed by atoms with Gasteiger partial charge in [-0.2, -0.15) is 0 Å². The van der Waals surface area contributed by atoms with Crippen LogP contribution in [-0.2, 0) is 6.54 Å². The summed E-state index contributed by atoms with van der Waals surface area (Å²) in [6, 6.07) is 4.22. The standard InChI is InChI=1S/C11H17NOS/c13-11-5-1-3-9(11)7-12-8-10-4-2-6-14-10/h2,4,6,9,11-13H,1,3,5,7-8H2. The van der Waals surface area contributed by atoms with E-state index in [1.54, 1.807) is 11.3 Å². The van der Waals surface area contributed by atoms with Crippen LogP contribution in [0.2, 0.25) is 0 Å². The summed E-state index contributed by atoms with van der Waals surface area (Å²) in [5.41, 5.74) is 0. The molecule has 0 bridgehead atoms. The van der Waals surface area contributed by atoms with Gasteiger partial charge in [-0.1, -0.05) is 12.5 Å². The highest BCUT2D eigenvalue weighted by Gasteiger charge is 2.24. The molecule has 1 saturated carbocycles. The Hall–Kier alpha value is -0.380. The number of aliphatic hydroxyl groups excluding tert-OH is 1. The molecule has 1 aromatic rings. The first-order valence-corrected chi connectivity index (χ1v) is 6.15. The first kappa shape index (κ1) is 10.1. The Kier molecular flexibility index (Phi) is 3.56. The van der Waals surface area contributed by atoms with E-state index >= 15 is 0 Å². The number of hydrogen-bond donors (Lipinski definition) is 2. The summed E-state index contributed by atoms with van der Waals surface area (Å²) in [5.74, 6) is 0.481. The van der Waals surface area contributed by atoms with Crippen molar-refractivity contribution in [3.05, 3.63) is 22.4 Å². The molecule has 1 aliphatic rings. The molecule has 0 aromatic carbocycles. The SMILES string of the molecule is OC1CCCC1CNCc1cccs1. The van der Waals surface area contributed by atoms with E-state index in [1.165, 1.54) is 17.7 Å². The maximum absolute atomic E-state index is 9.61. The minimum Gasteiger partial charge on any atom is -0.393 e. The van der Waals surface area contributed by atoms with Gasteiger partial charge in [-0.3, -0.25) is 0 Å². The molecule has 0 aliphatic heterocycles. The normalized spacial score (nSPS) is 26.9. The lowest BCUT2D eigenvalue weighted by atomic mass is 10.1. The lowest BCUT2D eigenvalue weighted by molar-refractivity contribution is 0.131. The summed E-state index contributed by atoms with van der Waals surface area (Å²) in [5, 5.41) is 15.1. The molecule has 14 heavy (non-hydrogen) atoms. The molecule has 0 spiro atoms. The second-order valence-electron chi connectivity index (χ2n) is 3.97. The highest BCUT2D eigenvalue weighted by molar-refractivity contribution is 7.09. The molecule has 1 heterocycles. The van der Waals surface area contributed by atoms with Crippen molar-refractivity contribution < 1.29 is 5.11 Å².